The van der Waals surface area contributed by atoms with E-state index in [1.807, 2.05) is 0 Å². The van der Waals surface area contributed by atoms with Crippen LogP contribution in [-0.2, 0) is 23.8 Å². The van der Waals surface area contributed by atoms with E-state index in [4.69, 9.17) is 14.2 Å². The van der Waals surface area contributed by atoms with Gasteiger partial charge in [-0.25, -0.2) is 0 Å². The van der Waals surface area contributed by atoms with Crippen LogP contribution in [0.15, 0.2) is 0 Å². The van der Waals surface area contributed by atoms with E-state index in [1.54, 1.807) is 0 Å². The van der Waals surface area contributed by atoms with Crippen molar-refractivity contribution in [1.29, 1.82) is 0 Å². The predicted octanol–water partition coefficient (Wildman–Crippen LogP) is 1.91. The van der Waals surface area contributed by atoms with Crippen LogP contribution in [0.4, 0.5) is 0 Å². The minimum absolute atomic E-state index is 0.147. The van der Waals surface area contributed by atoms with Crippen molar-refractivity contribution in [3.05, 3.63) is 0 Å². The van der Waals surface area contributed by atoms with Crippen molar-refractivity contribution < 1.29 is 23.8 Å². The molecule has 2 fully saturated rings. The van der Waals surface area contributed by atoms with Crippen molar-refractivity contribution in [1.82, 2.24) is 0 Å². The Bertz CT molecular complexity index is 394. The van der Waals surface area contributed by atoms with E-state index in [2.05, 4.69) is 63.7 Å². The molecule has 5 nitrogen and oxygen atoms in total. The zero-order valence-corrected chi connectivity index (χ0v) is 16.2. The molecule has 2 aliphatic heterocycles. The van der Waals surface area contributed by atoms with Gasteiger partial charge in [0.25, 0.3) is 0 Å². The fraction of sp³-hybridized carbons (Fsp3) is 0.800. The number of alkyl halides is 4. The lowest BCUT2D eigenvalue weighted by molar-refractivity contribution is -0.152. The molecule has 0 aromatic heterocycles. The number of carbonyl (C=O) groups excluding carboxylic acids is 2. The molecule has 0 aromatic carbocycles. The third-order valence-electron chi connectivity index (χ3n) is 3.45. The Hall–Kier alpha value is 0.820. The van der Waals surface area contributed by atoms with Gasteiger partial charge in [0.05, 0.1) is 36.1 Å². The van der Waals surface area contributed by atoms with Gasteiger partial charge in [0.15, 0.2) is 8.65 Å². The molecule has 19 heavy (non-hydrogen) atoms. The highest BCUT2D eigenvalue weighted by molar-refractivity contribution is 9.14. The molecule has 2 rings (SSSR count). The Kier molecular flexibility index (Phi) is 4.45. The first-order valence-corrected chi connectivity index (χ1v) is 8.66. The minimum Gasteiger partial charge on any atom is -0.468 e. The maximum absolute atomic E-state index is 12.2. The number of rotatable bonds is 2. The van der Waals surface area contributed by atoms with Crippen molar-refractivity contribution in [2.24, 2.45) is 0 Å². The van der Waals surface area contributed by atoms with Gasteiger partial charge in [-0.3, -0.25) is 9.59 Å². The number of hydrogen-bond acceptors (Lipinski definition) is 5. The number of carbonyl (C=O) groups is 2. The summed E-state index contributed by atoms with van der Waals surface area (Å²) in [5, 5.41) is 0. The molecule has 0 unspecified atom stereocenters. The largest absolute Gasteiger partial charge is 0.468 e. The highest BCUT2D eigenvalue weighted by Gasteiger charge is 2.80. The Morgan fingerprint density at radius 2 is 1.26 bits per heavy atom. The van der Waals surface area contributed by atoms with E-state index >= 15 is 0 Å². The number of halogens is 4. The molecule has 0 saturated carbocycles. The highest BCUT2D eigenvalue weighted by Crippen LogP contribution is 2.61. The number of fused-ring (bicyclic) bond motifs is 2. The van der Waals surface area contributed by atoms with Gasteiger partial charge in [0, 0.05) is 0 Å². The molecule has 9 heteroatoms. The van der Waals surface area contributed by atoms with Gasteiger partial charge in [-0.1, -0.05) is 63.7 Å². The minimum atomic E-state index is -1.36. The molecule has 6 atom stereocenters. The first kappa shape index (κ1) is 16.2. The third kappa shape index (κ3) is 1.84. The van der Waals surface area contributed by atoms with Gasteiger partial charge in [0.1, 0.15) is 0 Å². The number of esters is 2. The molecular weight excluding hydrogens is 520 g/mol. The second-order valence-corrected chi connectivity index (χ2v) is 8.89. The van der Waals surface area contributed by atoms with Crippen LogP contribution in [0.5, 0.6) is 0 Å². The average molecular weight is 530 g/mol. The molecule has 0 N–H and O–H groups in total. The molecule has 2 bridgehead atoms. The quantitative estimate of drug-likeness (QED) is 0.404. The van der Waals surface area contributed by atoms with E-state index in [-0.39, 0.29) is 9.65 Å². The van der Waals surface area contributed by atoms with Crippen LogP contribution >= 0.6 is 63.7 Å². The molecular formula is C10H10Br4O5. The first-order chi connectivity index (χ1) is 8.76. The van der Waals surface area contributed by atoms with Gasteiger partial charge in [-0.05, 0) is 0 Å². The van der Waals surface area contributed by atoms with Gasteiger partial charge < -0.3 is 14.2 Å². The molecule has 2 aliphatic rings. The second-order valence-electron chi connectivity index (χ2n) is 4.27. The van der Waals surface area contributed by atoms with Crippen LogP contribution in [-0.4, -0.2) is 56.7 Å². The van der Waals surface area contributed by atoms with E-state index in [0.717, 1.165) is 0 Å². The summed E-state index contributed by atoms with van der Waals surface area (Å²) in [6.45, 7) is 0. The molecule has 0 aromatic rings. The third-order valence-corrected chi connectivity index (χ3v) is 9.60. The van der Waals surface area contributed by atoms with Crippen LogP contribution in [0, 0.1) is 0 Å². The fourth-order valence-corrected chi connectivity index (χ4v) is 6.70. The molecule has 2 heterocycles. The normalized spacial score (nSPS) is 48.1. The lowest BCUT2D eigenvalue weighted by Gasteiger charge is -2.42. The summed E-state index contributed by atoms with van der Waals surface area (Å²) in [7, 11) is 2.52. The van der Waals surface area contributed by atoms with Crippen molar-refractivity contribution in [3.63, 3.8) is 0 Å². The van der Waals surface area contributed by atoms with Gasteiger partial charge in [-0.15, -0.1) is 0 Å². The Morgan fingerprint density at radius 3 is 1.53 bits per heavy atom. The maximum atomic E-state index is 12.2. The average Bonchev–Trinajstić information content (AvgIpc) is 2.83. The number of methoxy groups -OCH3 is 2. The van der Waals surface area contributed by atoms with Crippen molar-refractivity contribution >= 4 is 75.7 Å². The summed E-state index contributed by atoms with van der Waals surface area (Å²) in [5.74, 6) is -1.18. The van der Waals surface area contributed by atoms with Gasteiger partial charge >= 0.3 is 11.9 Å². The number of ether oxygens (including phenoxy) is 3. The lowest BCUT2D eigenvalue weighted by Crippen LogP contribution is -2.67. The van der Waals surface area contributed by atoms with Gasteiger partial charge in [-0.2, -0.15) is 0 Å². The van der Waals surface area contributed by atoms with Crippen molar-refractivity contribution in [2.45, 2.75) is 30.5 Å². The SMILES string of the molecule is COC(=O)[C@@]1(Br)[C@H]2O[C@@H]([C@@H](Br)[C@H]2Br)[C@@]1(Br)C(=O)OC. The second kappa shape index (κ2) is 5.23. The lowest BCUT2D eigenvalue weighted by atomic mass is 9.78. The van der Waals surface area contributed by atoms with Gasteiger partial charge in [0.2, 0.25) is 0 Å². The summed E-state index contributed by atoms with van der Waals surface area (Å²) in [4.78, 5) is 24.1. The summed E-state index contributed by atoms with van der Waals surface area (Å²) in [6.07, 6.45) is -1.15. The van der Waals surface area contributed by atoms with E-state index in [0.29, 0.717) is 0 Å². The zero-order chi connectivity index (χ0) is 14.6. The Morgan fingerprint density at radius 1 is 0.947 bits per heavy atom. The molecule has 2 saturated heterocycles. The summed E-state index contributed by atoms with van der Waals surface area (Å²) in [6, 6.07) is 0. The summed E-state index contributed by atoms with van der Waals surface area (Å²) >= 11 is 13.7. The van der Waals surface area contributed by atoms with Crippen LogP contribution in [0.2, 0.25) is 0 Å². The van der Waals surface area contributed by atoms with Crippen LogP contribution in [0.3, 0.4) is 0 Å². The monoisotopic (exact) mass is 526 g/mol. The van der Waals surface area contributed by atoms with E-state index in [9.17, 15) is 9.59 Å². The molecule has 0 aliphatic carbocycles. The van der Waals surface area contributed by atoms with E-state index < -0.39 is 32.8 Å². The standard InChI is InChI=1S/C10H10Br4O5/c1-17-7(15)9(13)5-3(11)4(12)6(19-5)10(9,14)8(16)18-2/h3-6H,1-2H3/t3-,4+,5-,6-,9+,10-/m0/s1. The van der Waals surface area contributed by atoms with Crippen LogP contribution < -0.4 is 0 Å². The van der Waals surface area contributed by atoms with E-state index in [1.165, 1.54) is 14.2 Å². The highest BCUT2D eigenvalue weighted by atomic mass is 79.9. The molecule has 0 spiro atoms. The Labute approximate surface area is 143 Å². The van der Waals surface area contributed by atoms with Crippen molar-refractivity contribution in [2.75, 3.05) is 14.2 Å². The topological polar surface area (TPSA) is 61.8 Å². The Balaban J connectivity index is 2.56. The first-order valence-electron chi connectivity index (χ1n) is 5.25. The zero-order valence-electron chi connectivity index (χ0n) is 9.86. The summed E-state index contributed by atoms with van der Waals surface area (Å²) in [5.41, 5.74) is 0. The number of hydrogen-bond donors (Lipinski definition) is 0. The van der Waals surface area contributed by atoms with Crippen LogP contribution in [0.1, 0.15) is 0 Å². The van der Waals surface area contributed by atoms with Crippen LogP contribution in [0.25, 0.3) is 0 Å². The molecule has 0 amide bonds. The summed E-state index contributed by atoms with van der Waals surface area (Å²) < 4.78 is 12.7. The molecule has 108 valence electrons. The maximum Gasteiger partial charge on any atom is 0.327 e. The smallest absolute Gasteiger partial charge is 0.327 e. The molecule has 0 radical (unpaired) electrons. The predicted molar refractivity (Wildman–Crippen MR) is 81.4 cm³/mol. The van der Waals surface area contributed by atoms with Crippen molar-refractivity contribution in [3.8, 4) is 0 Å². The fourth-order valence-electron chi connectivity index (χ4n) is 2.51.